The second-order valence-corrected chi connectivity index (χ2v) is 5.25. The van der Waals surface area contributed by atoms with E-state index in [1.54, 1.807) is 25.8 Å². The standard InChI is InChI=1S/C12H20O4S/c1-3-16-12(14)9-8-17-10(11(9)13)6-4-5-7-15-2/h9-10H,3-8H2,1-2H3. The number of esters is 1. The third kappa shape index (κ3) is 4.32. The molecule has 0 aromatic heterocycles. The molecular weight excluding hydrogens is 240 g/mol. The molecule has 1 aliphatic rings. The van der Waals surface area contributed by atoms with Crippen molar-refractivity contribution in [2.45, 2.75) is 31.4 Å². The fourth-order valence-corrected chi connectivity index (χ4v) is 3.22. The van der Waals surface area contributed by atoms with Crippen molar-refractivity contribution < 1.29 is 19.1 Å². The first kappa shape index (κ1) is 14.5. The lowest BCUT2D eigenvalue weighted by Gasteiger charge is -2.08. The topological polar surface area (TPSA) is 52.6 Å². The molecule has 1 saturated heterocycles. The fourth-order valence-electron chi connectivity index (χ4n) is 1.83. The number of carbonyl (C=O) groups is 2. The Morgan fingerprint density at radius 2 is 2.24 bits per heavy atom. The Balaban J connectivity index is 2.31. The summed E-state index contributed by atoms with van der Waals surface area (Å²) < 4.78 is 9.85. The first-order valence-corrected chi connectivity index (χ1v) is 7.06. The Labute approximate surface area is 106 Å². The molecule has 98 valence electrons. The molecule has 0 aliphatic carbocycles. The quantitative estimate of drug-likeness (QED) is 0.396. The van der Waals surface area contributed by atoms with E-state index >= 15 is 0 Å². The van der Waals surface area contributed by atoms with Gasteiger partial charge in [-0.3, -0.25) is 9.59 Å². The van der Waals surface area contributed by atoms with Crippen LogP contribution < -0.4 is 0 Å². The van der Waals surface area contributed by atoms with Crippen molar-refractivity contribution in [3.8, 4) is 0 Å². The molecule has 0 N–H and O–H groups in total. The highest BCUT2D eigenvalue weighted by Gasteiger charge is 2.39. The Hall–Kier alpha value is -0.550. The summed E-state index contributed by atoms with van der Waals surface area (Å²) in [6.45, 7) is 2.82. The zero-order valence-corrected chi connectivity index (χ0v) is 11.3. The second-order valence-electron chi connectivity index (χ2n) is 4.02. The fraction of sp³-hybridized carbons (Fsp3) is 0.833. The van der Waals surface area contributed by atoms with Gasteiger partial charge in [-0.25, -0.2) is 0 Å². The van der Waals surface area contributed by atoms with E-state index in [0.29, 0.717) is 12.4 Å². The largest absolute Gasteiger partial charge is 0.465 e. The summed E-state index contributed by atoms with van der Waals surface area (Å²) in [7, 11) is 1.67. The summed E-state index contributed by atoms with van der Waals surface area (Å²) >= 11 is 1.58. The highest BCUT2D eigenvalue weighted by molar-refractivity contribution is 8.01. The Kier molecular flexibility index (Phi) is 6.58. The van der Waals surface area contributed by atoms with Crippen molar-refractivity contribution in [2.75, 3.05) is 26.1 Å². The summed E-state index contributed by atoms with van der Waals surface area (Å²) in [5.74, 6) is -0.269. The molecule has 2 atom stereocenters. The van der Waals surface area contributed by atoms with Gasteiger partial charge in [0.05, 0.1) is 11.9 Å². The number of hydrogen-bond acceptors (Lipinski definition) is 5. The highest BCUT2D eigenvalue weighted by atomic mass is 32.2. The summed E-state index contributed by atoms with van der Waals surface area (Å²) in [5.41, 5.74) is 0. The minimum absolute atomic E-state index is 0.0266. The Morgan fingerprint density at radius 3 is 2.88 bits per heavy atom. The van der Waals surface area contributed by atoms with Gasteiger partial charge in [-0.15, -0.1) is 11.8 Å². The van der Waals surface area contributed by atoms with Crippen LogP contribution in [0.3, 0.4) is 0 Å². The van der Waals surface area contributed by atoms with Crippen LogP contribution in [0.5, 0.6) is 0 Å². The third-order valence-corrected chi connectivity index (χ3v) is 4.16. The van der Waals surface area contributed by atoms with E-state index in [-0.39, 0.29) is 17.0 Å². The Morgan fingerprint density at radius 1 is 1.47 bits per heavy atom. The molecule has 0 radical (unpaired) electrons. The van der Waals surface area contributed by atoms with Crippen LogP contribution in [-0.2, 0) is 19.1 Å². The SMILES string of the molecule is CCOC(=O)C1CSC(CCCCOC)C1=O. The highest BCUT2D eigenvalue weighted by Crippen LogP contribution is 2.32. The molecule has 0 aromatic carbocycles. The summed E-state index contributed by atoms with van der Waals surface area (Å²) in [6.07, 6.45) is 2.76. The number of thioether (sulfide) groups is 1. The van der Waals surface area contributed by atoms with Crippen LogP contribution in [0.15, 0.2) is 0 Å². The zero-order valence-electron chi connectivity index (χ0n) is 10.4. The van der Waals surface area contributed by atoms with Crippen molar-refractivity contribution >= 4 is 23.5 Å². The average molecular weight is 260 g/mol. The second kappa shape index (κ2) is 7.71. The number of ether oxygens (including phenoxy) is 2. The number of unbranched alkanes of at least 4 members (excludes halogenated alkanes) is 1. The molecule has 0 amide bonds. The van der Waals surface area contributed by atoms with Crippen LogP contribution in [0.2, 0.25) is 0 Å². The molecule has 17 heavy (non-hydrogen) atoms. The minimum atomic E-state index is -0.535. The van der Waals surface area contributed by atoms with Gasteiger partial charge in [-0.2, -0.15) is 0 Å². The van der Waals surface area contributed by atoms with E-state index in [0.717, 1.165) is 25.9 Å². The molecular formula is C12H20O4S. The van der Waals surface area contributed by atoms with E-state index in [9.17, 15) is 9.59 Å². The summed E-state index contributed by atoms with van der Waals surface area (Å²) in [5, 5.41) is -0.0266. The van der Waals surface area contributed by atoms with Crippen LogP contribution in [0.1, 0.15) is 26.2 Å². The molecule has 0 spiro atoms. The molecule has 1 aliphatic heterocycles. The van der Waals surface area contributed by atoms with E-state index < -0.39 is 5.92 Å². The van der Waals surface area contributed by atoms with E-state index in [1.165, 1.54) is 0 Å². The number of rotatable bonds is 7. The van der Waals surface area contributed by atoms with E-state index in [2.05, 4.69) is 0 Å². The van der Waals surface area contributed by atoms with Gasteiger partial charge < -0.3 is 9.47 Å². The van der Waals surface area contributed by atoms with E-state index in [1.807, 2.05) is 0 Å². The van der Waals surface area contributed by atoms with Crippen molar-refractivity contribution in [1.29, 1.82) is 0 Å². The minimum Gasteiger partial charge on any atom is -0.465 e. The number of carbonyl (C=O) groups excluding carboxylic acids is 2. The first-order chi connectivity index (χ1) is 8.20. The van der Waals surface area contributed by atoms with Crippen molar-refractivity contribution in [2.24, 2.45) is 5.92 Å². The number of hydrogen-bond donors (Lipinski definition) is 0. The lowest BCUT2D eigenvalue weighted by atomic mass is 10.0. The van der Waals surface area contributed by atoms with Crippen molar-refractivity contribution in [3.05, 3.63) is 0 Å². The molecule has 1 heterocycles. The smallest absolute Gasteiger partial charge is 0.317 e. The van der Waals surface area contributed by atoms with Crippen LogP contribution in [-0.4, -0.2) is 43.1 Å². The molecule has 1 rings (SSSR count). The first-order valence-electron chi connectivity index (χ1n) is 6.01. The maximum atomic E-state index is 11.9. The zero-order chi connectivity index (χ0) is 12.7. The summed E-state index contributed by atoms with van der Waals surface area (Å²) in [4.78, 5) is 23.4. The van der Waals surface area contributed by atoms with Crippen molar-refractivity contribution in [3.63, 3.8) is 0 Å². The lowest BCUT2D eigenvalue weighted by Crippen LogP contribution is -2.27. The van der Waals surface area contributed by atoms with Crippen LogP contribution in [0.25, 0.3) is 0 Å². The average Bonchev–Trinajstić information content (AvgIpc) is 2.67. The molecule has 0 aromatic rings. The molecule has 4 nitrogen and oxygen atoms in total. The normalized spacial score (nSPS) is 24.0. The third-order valence-electron chi connectivity index (χ3n) is 2.76. The molecule has 5 heteroatoms. The van der Waals surface area contributed by atoms with Gasteiger partial charge in [0.1, 0.15) is 5.92 Å². The van der Waals surface area contributed by atoms with Crippen LogP contribution in [0.4, 0.5) is 0 Å². The van der Waals surface area contributed by atoms with Gasteiger partial charge in [0.15, 0.2) is 5.78 Å². The molecule has 0 saturated carbocycles. The van der Waals surface area contributed by atoms with Crippen LogP contribution >= 0.6 is 11.8 Å². The number of ketones is 1. The van der Waals surface area contributed by atoms with Gasteiger partial charge >= 0.3 is 5.97 Å². The van der Waals surface area contributed by atoms with Gasteiger partial charge in [0, 0.05) is 19.5 Å². The predicted molar refractivity (Wildman–Crippen MR) is 67.1 cm³/mol. The molecule has 0 bridgehead atoms. The predicted octanol–water partition coefficient (Wildman–Crippen LogP) is 1.67. The monoisotopic (exact) mass is 260 g/mol. The maximum absolute atomic E-state index is 11.9. The lowest BCUT2D eigenvalue weighted by molar-refractivity contribution is -0.150. The number of Topliss-reactive ketones (excluding diaryl/α,β-unsaturated/α-hetero) is 1. The number of methoxy groups -OCH3 is 1. The maximum Gasteiger partial charge on any atom is 0.317 e. The molecule has 1 fully saturated rings. The molecule has 2 unspecified atom stereocenters. The van der Waals surface area contributed by atoms with Gasteiger partial charge in [-0.1, -0.05) is 0 Å². The summed E-state index contributed by atoms with van der Waals surface area (Å²) in [6, 6.07) is 0. The van der Waals surface area contributed by atoms with Gasteiger partial charge in [-0.05, 0) is 26.2 Å². The van der Waals surface area contributed by atoms with Gasteiger partial charge in [0.2, 0.25) is 0 Å². The van der Waals surface area contributed by atoms with Crippen LogP contribution in [0, 0.1) is 5.92 Å². The van der Waals surface area contributed by atoms with E-state index in [4.69, 9.17) is 9.47 Å². The van der Waals surface area contributed by atoms with Crippen molar-refractivity contribution in [1.82, 2.24) is 0 Å². The Bertz CT molecular complexity index is 267. The van der Waals surface area contributed by atoms with Gasteiger partial charge in [0.25, 0.3) is 0 Å².